The smallest absolute Gasteiger partial charge is 0.319 e. The van der Waals surface area contributed by atoms with Crippen LogP contribution in [0.25, 0.3) is 0 Å². The molecule has 16 heavy (non-hydrogen) atoms. The molecule has 0 bridgehead atoms. The van der Waals surface area contributed by atoms with Gasteiger partial charge in [0, 0.05) is 12.2 Å². The summed E-state index contributed by atoms with van der Waals surface area (Å²) in [5, 5.41) is 5.56. The Morgan fingerprint density at radius 1 is 1.50 bits per heavy atom. The Bertz CT molecular complexity index is 390. The summed E-state index contributed by atoms with van der Waals surface area (Å²) in [5.74, 6) is 0. The van der Waals surface area contributed by atoms with Gasteiger partial charge in [-0.3, -0.25) is 4.98 Å². The van der Waals surface area contributed by atoms with Crippen LogP contribution in [0.3, 0.4) is 0 Å². The molecule has 0 radical (unpaired) electrons. The maximum Gasteiger partial charge on any atom is 0.319 e. The summed E-state index contributed by atoms with van der Waals surface area (Å²) in [6.45, 7) is 2.72. The minimum absolute atomic E-state index is 0.151. The van der Waals surface area contributed by atoms with Gasteiger partial charge in [0.05, 0.1) is 11.9 Å². The van der Waals surface area contributed by atoms with Crippen LogP contribution in [0.1, 0.15) is 31.0 Å². The number of rotatable bonds is 3. The van der Waals surface area contributed by atoms with E-state index in [1.807, 2.05) is 13.0 Å². The summed E-state index contributed by atoms with van der Waals surface area (Å²) in [5.41, 5.74) is 3.24. The van der Waals surface area contributed by atoms with E-state index in [9.17, 15) is 4.79 Å². The van der Waals surface area contributed by atoms with Crippen molar-refractivity contribution in [2.75, 3.05) is 11.9 Å². The van der Waals surface area contributed by atoms with Crippen molar-refractivity contribution in [2.45, 2.75) is 32.6 Å². The normalized spacial score (nSPS) is 13.3. The number of pyridine rings is 1. The lowest BCUT2D eigenvalue weighted by atomic mass is 10.2. The van der Waals surface area contributed by atoms with Gasteiger partial charge in [0.1, 0.15) is 0 Å². The molecule has 1 heterocycles. The number of amides is 2. The molecule has 4 heteroatoms. The minimum Gasteiger partial charge on any atom is -0.338 e. The quantitative estimate of drug-likeness (QED) is 0.818. The van der Waals surface area contributed by atoms with E-state index in [1.165, 1.54) is 17.7 Å². The van der Waals surface area contributed by atoms with Gasteiger partial charge in [-0.2, -0.15) is 0 Å². The van der Waals surface area contributed by atoms with Crippen LogP contribution in [0.2, 0.25) is 0 Å². The highest BCUT2D eigenvalue weighted by Crippen LogP contribution is 2.22. The monoisotopic (exact) mass is 219 g/mol. The van der Waals surface area contributed by atoms with Gasteiger partial charge < -0.3 is 10.6 Å². The first-order valence-corrected chi connectivity index (χ1v) is 5.82. The lowest BCUT2D eigenvalue weighted by Crippen LogP contribution is -2.29. The summed E-state index contributed by atoms with van der Waals surface area (Å²) in [6, 6.07) is 1.88. The second-order valence-electron chi connectivity index (χ2n) is 4.06. The van der Waals surface area contributed by atoms with E-state index >= 15 is 0 Å². The molecule has 0 aromatic carbocycles. The van der Waals surface area contributed by atoms with E-state index in [-0.39, 0.29) is 6.03 Å². The van der Waals surface area contributed by atoms with Crippen LogP contribution in [-0.2, 0) is 12.8 Å². The first kappa shape index (κ1) is 10.9. The van der Waals surface area contributed by atoms with Crippen LogP contribution < -0.4 is 10.6 Å². The van der Waals surface area contributed by atoms with Gasteiger partial charge in [-0.25, -0.2) is 4.79 Å². The highest BCUT2D eigenvalue weighted by atomic mass is 16.2. The van der Waals surface area contributed by atoms with Crippen LogP contribution in [0, 0.1) is 0 Å². The van der Waals surface area contributed by atoms with Gasteiger partial charge in [0.25, 0.3) is 0 Å². The molecule has 0 saturated carbocycles. The van der Waals surface area contributed by atoms with Crippen LogP contribution in [0.15, 0.2) is 12.3 Å². The topological polar surface area (TPSA) is 54.0 Å². The molecule has 4 nitrogen and oxygen atoms in total. The SMILES string of the molecule is CCCNC(=O)Nc1cnc2c(c1)CCC2. The number of hydrogen-bond acceptors (Lipinski definition) is 2. The standard InChI is InChI=1S/C12H17N3O/c1-2-6-13-12(16)15-10-7-9-4-3-5-11(9)14-8-10/h7-8H,2-6H2,1H3,(H2,13,15,16). The largest absolute Gasteiger partial charge is 0.338 e. The molecular weight excluding hydrogens is 202 g/mol. The fourth-order valence-corrected chi connectivity index (χ4v) is 1.91. The second-order valence-corrected chi connectivity index (χ2v) is 4.06. The zero-order chi connectivity index (χ0) is 11.4. The van der Waals surface area contributed by atoms with Gasteiger partial charge >= 0.3 is 6.03 Å². The Labute approximate surface area is 95.5 Å². The third kappa shape index (κ3) is 2.51. The average Bonchev–Trinajstić information content (AvgIpc) is 2.73. The molecule has 1 aliphatic carbocycles. The lowest BCUT2D eigenvalue weighted by molar-refractivity contribution is 0.252. The van der Waals surface area contributed by atoms with Crippen LogP contribution in [0.4, 0.5) is 10.5 Å². The molecule has 1 aromatic rings. The van der Waals surface area contributed by atoms with Crippen molar-refractivity contribution in [3.8, 4) is 0 Å². The van der Waals surface area contributed by atoms with Crippen molar-refractivity contribution in [1.29, 1.82) is 0 Å². The molecule has 0 unspecified atom stereocenters. The number of urea groups is 1. The molecule has 1 aromatic heterocycles. The fourth-order valence-electron chi connectivity index (χ4n) is 1.91. The molecule has 2 N–H and O–H groups in total. The summed E-state index contributed by atoms with van der Waals surface area (Å²) in [4.78, 5) is 15.8. The summed E-state index contributed by atoms with van der Waals surface area (Å²) in [7, 11) is 0. The number of fused-ring (bicyclic) bond motifs is 1. The number of anilines is 1. The highest BCUT2D eigenvalue weighted by molar-refractivity contribution is 5.89. The Morgan fingerprint density at radius 3 is 3.19 bits per heavy atom. The van der Waals surface area contributed by atoms with Gasteiger partial charge in [-0.05, 0) is 37.3 Å². The van der Waals surface area contributed by atoms with E-state index in [0.29, 0.717) is 6.54 Å². The van der Waals surface area contributed by atoms with Crippen molar-refractivity contribution in [2.24, 2.45) is 0 Å². The van der Waals surface area contributed by atoms with Crippen molar-refractivity contribution in [3.63, 3.8) is 0 Å². The van der Waals surface area contributed by atoms with E-state index in [1.54, 1.807) is 6.20 Å². The summed E-state index contributed by atoms with van der Waals surface area (Å²) >= 11 is 0. The van der Waals surface area contributed by atoms with Crippen molar-refractivity contribution >= 4 is 11.7 Å². The lowest BCUT2D eigenvalue weighted by Gasteiger charge is -2.07. The first-order valence-electron chi connectivity index (χ1n) is 5.82. The minimum atomic E-state index is -0.151. The van der Waals surface area contributed by atoms with E-state index in [2.05, 4.69) is 15.6 Å². The number of aromatic nitrogens is 1. The molecule has 2 amide bonds. The van der Waals surface area contributed by atoms with Gasteiger partial charge in [0.2, 0.25) is 0 Å². The Kier molecular flexibility index (Phi) is 3.39. The van der Waals surface area contributed by atoms with E-state index in [4.69, 9.17) is 0 Å². The van der Waals surface area contributed by atoms with Crippen molar-refractivity contribution < 1.29 is 4.79 Å². The Morgan fingerprint density at radius 2 is 2.38 bits per heavy atom. The third-order valence-corrected chi connectivity index (χ3v) is 2.71. The Hall–Kier alpha value is -1.58. The summed E-state index contributed by atoms with van der Waals surface area (Å²) in [6.07, 6.45) is 5.99. The van der Waals surface area contributed by atoms with Crippen LogP contribution in [-0.4, -0.2) is 17.6 Å². The molecule has 0 spiro atoms. The van der Waals surface area contributed by atoms with Crippen LogP contribution >= 0.6 is 0 Å². The molecule has 2 rings (SSSR count). The number of nitrogens with one attached hydrogen (secondary N) is 2. The van der Waals surface area contributed by atoms with Gasteiger partial charge in [-0.15, -0.1) is 0 Å². The first-order chi connectivity index (χ1) is 7.79. The molecule has 86 valence electrons. The molecular formula is C12H17N3O. The van der Waals surface area contributed by atoms with Gasteiger partial charge in [-0.1, -0.05) is 6.92 Å². The van der Waals surface area contributed by atoms with E-state index < -0.39 is 0 Å². The zero-order valence-corrected chi connectivity index (χ0v) is 9.55. The predicted molar refractivity (Wildman–Crippen MR) is 63.6 cm³/mol. The molecule has 0 fully saturated rings. The predicted octanol–water partition coefficient (Wildman–Crippen LogP) is 2.10. The van der Waals surface area contributed by atoms with E-state index in [0.717, 1.165) is 24.9 Å². The highest BCUT2D eigenvalue weighted by Gasteiger charge is 2.12. The molecule has 1 aliphatic rings. The maximum absolute atomic E-state index is 11.4. The molecule has 0 aliphatic heterocycles. The second kappa shape index (κ2) is 4.96. The Balaban J connectivity index is 1.97. The average molecular weight is 219 g/mol. The number of carbonyl (C=O) groups excluding carboxylic acids is 1. The van der Waals surface area contributed by atoms with Crippen molar-refractivity contribution in [3.05, 3.63) is 23.5 Å². The zero-order valence-electron chi connectivity index (χ0n) is 9.55. The fraction of sp³-hybridized carbons (Fsp3) is 0.500. The van der Waals surface area contributed by atoms with Crippen LogP contribution in [0.5, 0.6) is 0 Å². The molecule has 0 atom stereocenters. The number of nitrogens with zero attached hydrogens (tertiary/aromatic N) is 1. The maximum atomic E-state index is 11.4. The van der Waals surface area contributed by atoms with Crippen molar-refractivity contribution in [1.82, 2.24) is 10.3 Å². The molecule has 0 saturated heterocycles. The number of hydrogen-bond donors (Lipinski definition) is 2. The number of carbonyl (C=O) groups is 1. The van der Waals surface area contributed by atoms with Gasteiger partial charge in [0.15, 0.2) is 0 Å². The third-order valence-electron chi connectivity index (χ3n) is 2.71. The summed E-state index contributed by atoms with van der Waals surface area (Å²) < 4.78 is 0. The number of aryl methyl sites for hydroxylation is 2.